The third-order valence-electron chi connectivity index (χ3n) is 3.27. The Balaban J connectivity index is 2.11. The Kier molecular flexibility index (Phi) is 4.51. The number of benzene rings is 2. The second-order valence-corrected chi connectivity index (χ2v) is 4.96. The Labute approximate surface area is 118 Å². The molecule has 0 saturated heterocycles. The molecule has 0 N–H and O–H groups in total. The van der Waals surface area contributed by atoms with Gasteiger partial charge in [-0.2, -0.15) is 0 Å². The molecule has 0 amide bonds. The molecule has 0 aliphatic carbocycles. The number of ketones is 2. The van der Waals surface area contributed by atoms with Crippen molar-refractivity contribution in [3.05, 3.63) is 42.0 Å². The molecule has 0 radical (unpaired) electrons. The van der Waals surface area contributed by atoms with Crippen LogP contribution < -0.4 is 4.74 Å². The molecule has 0 aromatic heterocycles. The van der Waals surface area contributed by atoms with Crippen LogP contribution in [0.1, 0.15) is 25.3 Å². The average molecular weight is 270 g/mol. The summed E-state index contributed by atoms with van der Waals surface area (Å²) < 4.78 is 5.19. The minimum Gasteiger partial charge on any atom is -0.497 e. The number of rotatable bonds is 6. The maximum absolute atomic E-state index is 11.8. The van der Waals surface area contributed by atoms with E-state index in [1.54, 1.807) is 7.11 Å². The van der Waals surface area contributed by atoms with E-state index in [9.17, 15) is 9.59 Å². The number of hydrogen-bond acceptors (Lipinski definition) is 3. The van der Waals surface area contributed by atoms with Crippen molar-refractivity contribution in [3.8, 4) is 5.75 Å². The monoisotopic (exact) mass is 270 g/mol. The quantitative estimate of drug-likeness (QED) is 0.808. The zero-order chi connectivity index (χ0) is 14.5. The molecule has 2 aromatic rings. The molecule has 0 unspecified atom stereocenters. The van der Waals surface area contributed by atoms with Crippen LogP contribution >= 0.6 is 0 Å². The third-order valence-corrected chi connectivity index (χ3v) is 3.27. The zero-order valence-electron chi connectivity index (χ0n) is 11.8. The molecular weight excluding hydrogens is 252 g/mol. The fourth-order valence-corrected chi connectivity index (χ4v) is 2.14. The van der Waals surface area contributed by atoms with Gasteiger partial charge in [-0.25, -0.2) is 0 Å². The third kappa shape index (κ3) is 3.67. The summed E-state index contributed by atoms with van der Waals surface area (Å²) in [5, 5.41) is 2.17. The van der Waals surface area contributed by atoms with Gasteiger partial charge in [0.2, 0.25) is 0 Å². The van der Waals surface area contributed by atoms with Crippen LogP contribution in [0.15, 0.2) is 36.4 Å². The Morgan fingerprint density at radius 2 is 1.70 bits per heavy atom. The lowest BCUT2D eigenvalue weighted by Gasteiger charge is -2.05. The van der Waals surface area contributed by atoms with E-state index in [2.05, 4.69) is 0 Å². The lowest BCUT2D eigenvalue weighted by atomic mass is 10.0. The van der Waals surface area contributed by atoms with Crippen LogP contribution in [0.3, 0.4) is 0 Å². The van der Waals surface area contributed by atoms with E-state index < -0.39 is 0 Å². The maximum atomic E-state index is 11.8. The number of hydrogen-bond donors (Lipinski definition) is 0. The van der Waals surface area contributed by atoms with Crippen molar-refractivity contribution in [3.63, 3.8) is 0 Å². The van der Waals surface area contributed by atoms with Gasteiger partial charge in [-0.1, -0.05) is 24.3 Å². The molecule has 0 fully saturated rings. The fourth-order valence-electron chi connectivity index (χ4n) is 2.14. The summed E-state index contributed by atoms with van der Waals surface area (Å²) in [7, 11) is 1.64. The van der Waals surface area contributed by atoms with E-state index in [0.717, 1.165) is 22.1 Å². The summed E-state index contributed by atoms with van der Waals surface area (Å²) in [5.74, 6) is 0.986. The van der Waals surface area contributed by atoms with Crippen molar-refractivity contribution in [2.24, 2.45) is 0 Å². The van der Waals surface area contributed by atoms with E-state index in [1.807, 2.05) is 36.4 Å². The molecule has 0 spiro atoms. The highest BCUT2D eigenvalue weighted by Gasteiger charge is 2.06. The van der Waals surface area contributed by atoms with Gasteiger partial charge in [0, 0.05) is 19.3 Å². The first kappa shape index (κ1) is 14.3. The standard InChI is InChI=1S/C17H18O3/c1-12(18)3-7-16(19)10-13-4-5-15-11-17(20-2)8-6-14(15)9-13/h4-6,8-9,11H,3,7,10H2,1-2H3. The Hall–Kier alpha value is -2.16. The molecule has 3 heteroatoms. The molecule has 104 valence electrons. The van der Waals surface area contributed by atoms with Crippen LogP contribution in [0, 0.1) is 0 Å². The summed E-state index contributed by atoms with van der Waals surface area (Å²) in [5.41, 5.74) is 0.983. The number of carbonyl (C=O) groups excluding carboxylic acids is 2. The molecule has 0 bridgehead atoms. The maximum Gasteiger partial charge on any atom is 0.137 e. The van der Waals surface area contributed by atoms with Gasteiger partial charge >= 0.3 is 0 Å². The molecule has 0 saturated carbocycles. The van der Waals surface area contributed by atoms with Crippen molar-refractivity contribution >= 4 is 22.3 Å². The van der Waals surface area contributed by atoms with Crippen molar-refractivity contribution < 1.29 is 14.3 Å². The number of methoxy groups -OCH3 is 1. The first-order valence-corrected chi connectivity index (χ1v) is 6.66. The highest BCUT2D eigenvalue weighted by atomic mass is 16.5. The second kappa shape index (κ2) is 6.33. The van der Waals surface area contributed by atoms with Gasteiger partial charge in [-0.15, -0.1) is 0 Å². The van der Waals surface area contributed by atoms with E-state index in [-0.39, 0.29) is 11.6 Å². The topological polar surface area (TPSA) is 43.4 Å². The van der Waals surface area contributed by atoms with Crippen molar-refractivity contribution in [1.82, 2.24) is 0 Å². The highest BCUT2D eigenvalue weighted by molar-refractivity contribution is 5.88. The largest absolute Gasteiger partial charge is 0.497 e. The van der Waals surface area contributed by atoms with Crippen LogP contribution in [0.25, 0.3) is 10.8 Å². The molecule has 2 rings (SSSR count). The summed E-state index contributed by atoms with van der Waals surface area (Å²) in [4.78, 5) is 22.7. The summed E-state index contributed by atoms with van der Waals surface area (Å²) in [6, 6.07) is 11.8. The van der Waals surface area contributed by atoms with E-state index in [4.69, 9.17) is 4.74 Å². The van der Waals surface area contributed by atoms with E-state index in [1.165, 1.54) is 6.92 Å². The summed E-state index contributed by atoms with van der Waals surface area (Å²) in [6.07, 6.45) is 1.05. The normalized spacial score (nSPS) is 10.5. The van der Waals surface area contributed by atoms with Gasteiger partial charge in [-0.05, 0) is 35.4 Å². The van der Waals surface area contributed by atoms with Crippen LogP contribution in [0.4, 0.5) is 0 Å². The second-order valence-electron chi connectivity index (χ2n) is 4.96. The van der Waals surface area contributed by atoms with Crippen LogP contribution in [-0.2, 0) is 16.0 Å². The van der Waals surface area contributed by atoms with Gasteiger partial charge in [0.1, 0.15) is 17.3 Å². The van der Waals surface area contributed by atoms with Crippen molar-refractivity contribution in [2.75, 3.05) is 7.11 Å². The van der Waals surface area contributed by atoms with Crippen LogP contribution in [0.5, 0.6) is 5.75 Å². The Morgan fingerprint density at radius 3 is 2.40 bits per heavy atom. The number of fused-ring (bicyclic) bond motifs is 1. The average Bonchev–Trinajstić information content (AvgIpc) is 2.44. The first-order chi connectivity index (χ1) is 9.58. The Bertz CT molecular complexity index is 644. The number of ether oxygens (including phenoxy) is 1. The van der Waals surface area contributed by atoms with Gasteiger partial charge in [0.05, 0.1) is 7.11 Å². The van der Waals surface area contributed by atoms with Crippen LogP contribution in [0.2, 0.25) is 0 Å². The predicted octanol–water partition coefficient (Wildman–Crippen LogP) is 3.33. The molecular formula is C17H18O3. The van der Waals surface area contributed by atoms with Crippen molar-refractivity contribution in [2.45, 2.75) is 26.2 Å². The number of carbonyl (C=O) groups is 2. The highest BCUT2D eigenvalue weighted by Crippen LogP contribution is 2.22. The molecule has 20 heavy (non-hydrogen) atoms. The summed E-state index contributed by atoms with van der Waals surface area (Å²) in [6.45, 7) is 1.51. The SMILES string of the molecule is COc1ccc2cc(CC(=O)CCC(C)=O)ccc2c1. The molecule has 0 aliphatic heterocycles. The minimum atomic E-state index is 0.0592. The molecule has 0 atom stereocenters. The van der Waals surface area contributed by atoms with E-state index in [0.29, 0.717) is 19.3 Å². The summed E-state index contributed by atoms with van der Waals surface area (Å²) >= 11 is 0. The molecule has 0 heterocycles. The Morgan fingerprint density at radius 1 is 1.00 bits per heavy atom. The van der Waals surface area contributed by atoms with Gasteiger partial charge in [-0.3, -0.25) is 4.79 Å². The first-order valence-electron chi connectivity index (χ1n) is 6.66. The smallest absolute Gasteiger partial charge is 0.137 e. The van der Waals surface area contributed by atoms with Gasteiger partial charge in [0.25, 0.3) is 0 Å². The molecule has 3 nitrogen and oxygen atoms in total. The molecule has 0 aliphatic rings. The van der Waals surface area contributed by atoms with Gasteiger partial charge in [0.15, 0.2) is 0 Å². The molecule has 2 aromatic carbocycles. The minimum absolute atomic E-state index is 0.0592. The zero-order valence-corrected chi connectivity index (χ0v) is 11.8. The predicted molar refractivity (Wildman–Crippen MR) is 79.1 cm³/mol. The van der Waals surface area contributed by atoms with Crippen molar-refractivity contribution in [1.29, 1.82) is 0 Å². The number of Topliss-reactive ketones (excluding diaryl/α,β-unsaturated/α-hetero) is 2. The lowest BCUT2D eigenvalue weighted by Crippen LogP contribution is -2.05. The van der Waals surface area contributed by atoms with E-state index >= 15 is 0 Å². The van der Waals surface area contributed by atoms with Crippen LogP contribution in [-0.4, -0.2) is 18.7 Å². The lowest BCUT2D eigenvalue weighted by molar-refractivity contribution is -0.122. The fraction of sp³-hybridized carbons (Fsp3) is 0.294. The van der Waals surface area contributed by atoms with Gasteiger partial charge < -0.3 is 9.53 Å².